The molecule has 1 saturated heterocycles. The van der Waals surface area contributed by atoms with Crippen molar-refractivity contribution in [1.82, 2.24) is 15.3 Å². The third kappa shape index (κ3) is 4.48. The lowest BCUT2D eigenvalue weighted by Crippen LogP contribution is -2.52. The number of carbonyl (C=O) groups is 2. The Morgan fingerprint density at radius 2 is 1.89 bits per heavy atom. The van der Waals surface area contributed by atoms with E-state index < -0.39 is 23.2 Å². The van der Waals surface area contributed by atoms with Gasteiger partial charge in [0.2, 0.25) is 5.60 Å². The third-order valence-electron chi connectivity index (χ3n) is 5.94. The molecule has 4 aromatic rings. The molecule has 10 heteroatoms. The second-order valence-electron chi connectivity index (χ2n) is 8.32. The quantitative estimate of drug-likeness (QED) is 0.344. The maximum absolute atomic E-state index is 13.5. The van der Waals surface area contributed by atoms with E-state index in [4.69, 9.17) is 23.2 Å². The molecule has 178 valence electrons. The smallest absolute Gasteiger partial charge is 0.268 e. The summed E-state index contributed by atoms with van der Waals surface area (Å²) in [6.45, 7) is 0.0672. The second kappa shape index (κ2) is 8.96. The molecule has 1 aromatic heterocycles. The molecule has 2 heterocycles. The van der Waals surface area contributed by atoms with Crippen LogP contribution in [0.4, 0.5) is 10.1 Å². The lowest BCUT2D eigenvalue weighted by atomic mass is 10.0. The lowest BCUT2D eigenvalue weighted by molar-refractivity contribution is -0.149. The van der Waals surface area contributed by atoms with Crippen LogP contribution in [0.25, 0.3) is 22.4 Å². The van der Waals surface area contributed by atoms with Crippen LogP contribution in [-0.2, 0) is 16.1 Å². The van der Waals surface area contributed by atoms with Crippen molar-refractivity contribution in [1.29, 1.82) is 0 Å². The van der Waals surface area contributed by atoms with Gasteiger partial charge in [-0.25, -0.2) is 9.37 Å². The predicted octanol–water partition coefficient (Wildman–Crippen LogP) is 4.46. The Bertz CT molecular complexity index is 1440. The van der Waals surface area contributed by atoms with Gasteiger partial charge < -0.3 is 20.3 Å². The molecule has 3 N–H and O–H groups in total. The van der Waals surface area contributed by atoms with Gasteiger partial charge in [0, 0.05) is 40.8 Å². The summed E-state index contributed by atoms with van der Waals surface area (Å²) in [5.41, 5.74) is 0.962. The molecular formula is C25H19Cl2FN4O3. The number of rotatable bonds is 5. The second-order valence-corrected chi connectivity index (χ2v) is 9.19. The van der Waals surface area contributed by atoms with E-state index in [9.17, 15) is 19.1 Å². The maximum atomic E-state index is 13.5. The minimum absolute atomic E-state index is 0.0838. The van der Waals surface area contributed by atoms with Gasteiger partial charge in [0.15, 0.2) is 0 Å². The van der Waals surface area contributed by atoms with Crippen molar-refractivity contribution in [3.05, 3.63) is 82.1 Å². The fourth-order valence-electron chi connectivity index (χ4n) is 4.11. The van der Waals surface area contributed by atoms with Gasteiger partial charge in [-0.15, -0.1) is 0 Å². The van der Waals surface area contributed by atoms with Gasteiger partial charge in [-0.1, -0.05) is 23.2 Å². The highest BCUT2D eigenvalue weighted by Gasteiger charge is 2.51. The van der Waals surface area contributed by atoms with E-state index in [1.165, 1.54) is 17.0 Å². The number of imidazole rings is 1. The highest BCUT2D eigenvalue weighted by atomic mass is 35.5. The number of anilines is 1. The average Bonchev–Trinajstić information content (AvgIpc) is 3.38. The highest BCUT2D eigenvalue weighted by molar-refractivity contribution is 6.31. The first kappa shape index (κ1) is 23.3. The van der Waals surface area contributed by atoms with Crippen molar-refractivity contribution in [3.63, 3.8) is 0 Å². The number of nitrogens with zero attached hydrogens (tertiary/aromatic N) is 2. The van der Waals surface area contributed by atoms with E-state index in [-0.39, 0.29) is 24.5 Å². The molecule has 0 spiro atoms. The number of H-pyrrole nitrogens is 1. The van der Waals surface area contributed by atoms with E-state index >= 15 is 0 Å². The van der Waals surface area contributed by atoms with Gasteiger partial charge in [-0.2, -0.15) is 0 Å². The molecule has 1 fully saturated rings. The van der Waals surface area contributed by atoms with E-state index in [2.05, 4.69) is 15.3 Å². The SMILES string of the molecule is O=C(NCc1cc(F)cc(Cl)c1)C1(O)CCN(c2ccc3nc(-c4ccc(Cl)cc4)[nH]c3c2)C1=O. The van der Waals surface area contributed by atoms with Crippen LogP contribution in [0.3, 0.4) is 0 Å². The zero-order chi connectivity index (χ0) is 24.7. The predicted molar refractivity (Wildman–Crippen MR) is 132 cm³/mol. The molecule has 0 radical (unpaired) electrons. The summed E-state index contributed by atoms with van der Waals surface area (Å²) in [4.78, 5) is 35.0. The van der Waals surface area contributed by atoms with Gasteiger partial charge in [0.1, 0.15) is 11.6 Å². The average molecular weight is 513 g/mol. The summed E-state index contributed by atoms with van der Waals surface area (Å²) in [5.74, 6) is -1.48. The molecule has 1 unspecified atom stereocenters. The molecule has 3 aromatic carbocycles. The Morgan fingerprint density at radius 1 is 1.11 bits per heavy atom. The van der Waals surface area contributed by atoms with Gasteiger partial charge >= 0.3 is 0 Å². The van der Waals surface area contributed by atoms with Crippen molar-refractivity contribution in [2.24, 2.45) is 0 Å². The van der Waals surface area contributed by atoms with Crippen molar-refractivity contribution in [3.8, 4) is 11.4 Å². The highest BCUT2D eigenvalue weighted by Crippen LogP contribution is 2.31. The number of benzene rings is 3. The fourth-order valence-corrected chi connectivity index (χ4v) is 4.48. The Morgan fingerprint density at radius 3 is 2.63 bits per heavy atom. The van der Waals surface area contributed by atoms with E-state index in [0.717, 1.165) is 11.6 Å². The Labute approximate surface area is 209 Å². The number of hydrogen-bond acceptors (Lipinski definition) is 4. The lowest BCUT2D eigenvalue weighted by Gasteiger charge is -2.22. The van der Waals surface area contributed by atoms with Crippen LogP contribution in [-0.4, -0.2) is 39.0 Å². The Hall–Kier alpha value is -3.46. The van der Waals surface area contributed by atoms with Crippen molar-refractivity contribution >= 4 is 51.7 Å². The number of aromatic amines is 1. The largest absolute Gasteiger partial charge is 0.372 e. The van der Waals surface area contributed by atoms with Crippen LogP contribution in [0.1, 0.15) is 12.0 Å². The number of aliphatic hydroxyl groups is 1. The van der Waals surface area contributed by atoms with Crippen LogP contribution in [0.2, 0.25) is 10.0 Å². The number of hydrogen-bond donors (Lipinski definition) is 3. The third-order valence-corrected chi connectivity index (χ3v) is 6.41. The van der Waals surface area contributed by atoms with E-state index in [1.807, 2.05) is 12.1 Å². The molecule has 1 aliphatic rings. The van der Waals surface area contributed by atoms with Crippen LogP contribution in [0.15, 0.2) is 60.7 Å². The van der Waals surface area contributed by atoms with Crippen LogP contribution < -0.4 is 10.2 Å². The summed E-state index contributed by atoms with van der Waals surface area (Å²) >= 11 is 11.8. The standard InChI is InChI=1S/C25H19Cl2FN4O3/c26-16-3-1-15(2-4-16)22-30-20-6-5-19(12-21(20)31-22)32-8-7-25(35,24(32)34)23(33)29-13-14-9-17(27)11-18(28)10-14/h1-6,9-12,35H,7-8,13H2,(H,29,33)(H,30,31). The minimum Gasteiger partial charge on any atom is -0.372 e. The first-order valence-corrected chi connectivity index (χ1v) is 11.5. The fraction of sp³-hybridized carbons (Fsp3) is 0.160. The summed E-state index contributed by atoms with van der Waals surface area (Å²) in [6.07, 6.45) is -0.0847. The maximum Gasteiger partial charge on any atom is 0.268 e. The molecule has 35 heavy (non-hydrogen) atoms. The molecule has 5 rings (SSSR count). The molecule has 1 atom stereocenters. The van der Waals surface area contributed by atoms with Gasteiger partial charge in [-0.05, 0) is 66.2 Å². The Balaban J connectivity index is 1.33. The number of amides is 2. The molecular weight excluding hydrogens is 494 g/mol. The summed E-state index contributed by atoms with van der Waals surface area (Å²) in [5, 5.41) is 14.2. The molecule has 0 saturated carbocycles. The number of carbonyl (C=O) groups excluding carboxylic acids is 2. The minimum atomic E-state index is -2.23. The van der Waals surface area contributed by atoms with Gasteiger partial charge in [0.05, 0.1) is 11.0 Å². The summed E-state index contributed by atoms with van der Waals surface area (Å²) in [6, 6.07) is 16.3. The number of halogens is 3. The topological polar surface area (TPSA) is 98.3 Å². The summed E-state index contributed by atoms with van der Waals surface area (Å²) < 4.78 is 13.5. The Kier molecular flexibility index (Phi) is 5.96. The van der Waals surface area contributed by atoms with Crippen molar-refractivity contribution in [2.45, 2.75) is 18.6 Å². The van der Waals surface area contributed by atoms with Crippen molar-refractivity contribution in [2.75, 3.05) is 11.4 Å². The van der Waals surface area contributed by atoms with Crippen LogP contribution >= 0.6 is 23.2 Å². The van der Waals surface area contributed by atoms with Crippen molar-refractivity contribution < 1.29 is 19.1 Å². The molecule has 1 aliphatic heterocycles. The first-order chi connectivity index (χ1) is 16.7. The first-order valence-electron chi connectivity index (χ1n) is 10.8. The zero-order valence-electron chi connectivity index (χ0n) is 18.2. The van der Waals surface area contributed by atoms with E-state index in [0.29, 0.717) is 33.1 Å². The van der Waals surface area contributed by atoms with E-state index in [1.54, 1.807) is 30.3 Å². The van der Waals surface area contributed by atoms with Crippen LogP contribution in [0.5, 0.6) is 0 Å². The monoisotopic (exact) mass is 512 g/mol. The van der Waals surface area contributed by atoms with Gasteiger partial charge in [-0.3, -0.25) is 9.59 Å². The van der Waals surface area contributed by atoms with Crippen LogP contribution in [0, 0.1) is 5.82 Å². The van der Waals surface area contributed by atoms with Gasteiger partial charge in [0.25, 0.3) is 11.8 Å². The molecule has 0 bridgehead atoms. The molecule has 7 nitrogen and oxygen atoms in total. The normalized spacial score (nSPS) is 17.8. The molecule has 0 aliphatic carbocycles. The zero-order valence-corrected chi connectivity index (χ0v) is 19.7. The molecule has 2 amide bonds. The summed E-state index contributed by atoms with van der Waals surface area (Å²) in [7, 11) is 0. The number of aromatic nitrogens is 2. The number of nitrogens with one attached hydrogen (secondary N) is 2. The number of fused-ring (bicyclic) bond motifs is 1.